The number of carbonyl (C=O) groups is 2. The largest absolute Gasteiger partial charge is 0.467 e. The maximum atomic E-state index is 11.5. The number of methoxy groups -OCH3 is 2. The van der Waals surface area contributed by atoms with Gasteiger partial charge in [-0.25, -0.2) is 4.79 Å². The maximum Gasteiger partial charge on any atom is 0.337 e. The third-order valence-corrected chi connectivity index (χ3v) is 2.67. The first-order valence-electron chi connectivity index (χ1n) is 5.31. The summed E-state index contributed by atoms with van der Waals surface area (Å²) >= 11 is 0. The van der Waals surface area contributed by atoms with Crippen LogP contribution in [0.3, 0.4) is 0 Å². The van der Waals surface area contributed by atoms with E-state index in [-0.39, 0.29) is 0 Å². The van der Waals surface area contributed by atoms with E-state index in [4.69, 9.17) is 9.47 Å². The minimum Gasteiger partial charge on any atom is -0.467 e. The number of esters is 1. The standard InChI is InChI=1S/C10H17NO7/c1-4(12)11-5-6(13)8(16-2)10(15)18-7(5)9(14)17-3/h5-8,10,13,15H,1-3H3,(H,11,12)/t5-,6-,7-,8-,10+/m1/s1. The third kappa shape index (κ3) is 2.96. The molecule has 0 saturated carbocycles. The van der Waals surface area contributed by atoms with Gasteiger partial charge in [-0.2, -0.15) is 0 Å². The number of hydrogen-bond acceptors (Lipinski definition) is 7. The first-order chi connectivity index (χ1) is 8.42. The van der Waals surface area contributed by atoms with Crippen molar-refractivity contribution in [2.24, 2.45) is 0 Å². The highest BCUT2D eigenvalue weighted by Crippen LogP contribution is 2.22. The predicted octanol–water partition coefficient (Wildman–Crippen LogP) is -2.24. The van der Waals surface area contributed by atoms with E-state index in [0.29, 0.717) is 0 Å². The summed E-state index contributed by atoms with van der Waals surface area (Å²) in [5.41, 5.74) is 0. The van der Waals surface area contributed by atoms with Gasteiger partial charge >= 0.3 is 5.97 Å². The molecule has 0 aromatic heterocycles. The SMILES string of the molecule is COC(=O)[C@@H]1O[C@H](O)[C@H](OC)[C@H](O)[C@H]1NC(C)=O. The summed E-state index contributed by atoms with van der Waals surface area (Å²) in [6.45, 7) is 1.23. The Morgan fingerprint density at radius 1 is 1.28 bits per heavy atom. The van der Waals surface area contributed by atoms with Gasteiger partial charge in [0.05, 0.1) is 13.2 Å². The predicted molar refractivity (Wildman–Crippen MR) is 57.3 cm³/mol. The molecule has 1 aliphatic heterocycles. The van der Waals surface area contributed by atoms with Gasteiger partial charge in [-0.05, 0) is 0 Å². The van der Waals surface area contributed by atoms with Crippen molar-refractivity contribution in [1.29, 1.82) is 0 Å². The highest BCUT2D eigenvalue weighted by molar-refractivity contribution is 5.79. The number of amides is 1. The number of nitrogens with one attached hydrogen (secondary N) is 1. The second-order valence-electron chi connectivity index (χ2n) is 3.89. The second kappa shape index (κ2) is 6.10. The Labute approximate surface area is 104 Å². The van der Waals surface area contributed by atoms with E-state index >= 15 is 0 Å². The topological polar surface area (TPSA) is 114 Å². The zero-order valence-corrected chi connectivity index (χ0v) is 10.3. The van der Waals surface area contributed by atoms with E-state index < -0.39 is 42.5 Å². The smallest absolute Gasteiger partial charge is 0.337 e. The number of aliphatic hydroxyl groups excluding tert-OH is 2. The minimum absolute atomic E-state index is 0.456. The van der Waals surface area contributed by atoms with Crippen LogP contribution in [0.15, 0.2) is 0 Å². The van der Waals surface area contributed by atoms with Crippen molar-refractivity contribution in [3.05, 3.63) is 0 Å². The highest BCUT2D eigenvalue weighted by atomic mass is 16.7. The number of hydrogen-bond donors (Lipinski definition) is 3. The molecule has 1 fully saturated rings. The Balaban J connectivity index is 2.94. The molecule has 8 nitrogen and oxygen atoms in total. The molecule has 8 heteroatoms. The van der Waals surface area contributed by atoms with Gasteiger partial charge in [0.2, 0.25) is 5.91 Å². The summed E-state index contributed by atoms with van der Waals surface area (Å²) in [6.07, 6.45) is -5.15. The van der Waals surface area contributed by atoms with Gasteiger partial charge in [0.25, 0.3) is 0 Å². The third-order valence-electron chi connectivity index (χ3n) is 2.67. The molecule has 0 unspecified atom stereocenters. The van der Waals surface area contributed by atoms with Crippen molar-refractivity contribution >= 4 is 11.9 Å². The average Bonchev–Trinajstić information content (AvgIpc) is 2.31. The first-order valence-corrected chi connectivity index (χ1v) is 5.31. The fourth-order valence-electron chi connectivity index (χ4n) is 1.83. The molecule has 1 saturated heterocycles. The fraction of sp³-hybridized carbons (Fsp3) is 0.800. The van der Waals surface area contributed by atoms with Crippen LogP contribution in [0.5, 0.6) is 0 Å². The molecule has 18 heavy (non-hydrogen) atoms. The quantitative estimate of drug-likeness (QED) is 0.493. The van der Waals surface area contributed by atoms with E-state index in [1.807, 2.05) is 0 Å². The zero-order valence-electron chi connectivity index (χ0n) is 10.3. The number of rotatable bonds is 3. The van der Waals surface area contributed by atoms with Gasteiger partial charge < -0.3 is 29.7 Å². The number of ether oxygens (including phenoxy) is 3. The summed E-state index contributed by atoms with van der Waals surface area (Å²) in [4.78, 5) is 22.5. The molecule has 3 N–H and O–H groups in total. The molecular formula is C10H17NO7. The van der Waals surface area contributed by atoms with E-state index in [1.54, 1.807) is 0 Å². The highest BCUT2D eigenvalue weighted by Gasteiger charge is 2.48. The lowest BCUT2D eigenvalue weighted by molar-refractivity contribution is -0.263. The van der Waals surface area contributed by atoms with Crippen molar-refractivity contribution < 1.29 is 34.0 Å². The van der Waals surface area contributed by atoms with E-state index in [9.17, 15) is 19.8 Å². The lowest BCUT2D eigenvalue weighted by Gasteiger charge is -2.41. The second-order valence-corrected chi connectivity index (χ2v) is 3.89. The van der Waals surface area contributed by atoms with Crippen LogP contribution in [0, 0.1) is 0 Å². The fourth-order valence-corrected chi connectivity index (χ4v) is 1.83. The summed E-state index contributed by atoms with van der Waals surface area (Å²) in [6, 6.07) is -1.05. The van der Waals surface area contributed by atoms with Crippen LogP contribution in [0.25, 0.3) is 0 Å². The molecule has 0 radical (unpaired) electrons. The molecule has 1 heterocycles. The van der Waals surface area contributed by atoms with Crippen molar-refractivity contribution in [2.45, 2.75) is 37.6 Å². The van der Waals surface area contributed by atoms with Gasteiger partial charge in [-0.15, -0.1) is 0 Å². The van der Waals surface area contributed by atoms with Crippen LogP contribution in [-0.4, -0.2) is 67.0 Å². The Bertz CT molecular complexity index is 321. The molecule has 1 aliphatic rings. The molecule has 0 aromatic carbocycles. The van der Waals surface area contributed by atoms with Crippen LogP contribution < -0.4 is 5.32 Å². The monoisotopic (exact) mass is 263 g/mol. The van der Waals surface area contributed by atoms with E-state index in [0.717, 1.165) is 7.11 Å². The molecule has 1 rings (SSSR count). The Hall–Kier alpha value is -1.22. The zero-order chi connectivity index (χ0) is 13.9. The number of aliphatic hydroxyl groups is 2. The Morgan fingerprint density at radius 3 is 2.33 bits per heavy atom. The molecule has 0 bridgehead atoms. The molecule has 5 atom stereocenters. The summed E-state index contributed by atoms with van der Waals surface area (Å²) in [5.74, 6) is -1.26. The molecular weight excluding hydrogens is 246 g/mol. The van der Waals surface area contributed by atoms with Crippen LogP contribution >= 0.6 is 0 Å². The van der Waals surface area contributed by atoms with Crippen LogP contribution in [-0.2, 0) is 23.8 Å². The minimum atomic E-state index is -1.49. The Kier molecular flexibility index (Phi) is 5.03. The van der Waals surface area contributed by atoms with E-state index in [2.05, 4.69) is 10.1 Å². The van der Waals surface area contributed by atoms with Crippen LogP contribution in [0.4, 0.5) is 0 Å². The van der Waals surface area contributed by atoms with Crippen molar-refractivity contribution in [2.75, 3.05) is 14.2 Å². The van der Waals surface area contributed by atoms with Crippen molar-refractivity contribution in [3.8, 4) is 0 Å². The molecule has 0 spiro atoms. The summed E-state index contributed by atoms with van der Waals surface area (Å²) < 4.78 is 14.4. The van der Waals surface area contributed by atoms with Gasteiger partial charge in [0, 0.05) is 14.0 Å². The van der Waals surface area contributed by atoms with Gasteiger partial charge in [0.15, 0.2) is 12.4 Å². The van der Waals surface area contributed by atoms with Crippen molar-refractivity contribution in [1.82, 2.24) is 5.32 Å². The average molecular weight is 263 g/mol. The maximum absolute atomic E-state index is 11.5. The van der Waals surface area contributed by atoms with Crippen molar-refractivity contribution in [3.63, 3.8) is 0 Å². The molecule has 104 valence electrons. The first kappa shape index (κ1) is 14.8. The number of carbonyl (C=O) groups excluding carboxylic acids is 2. The summed E-state index contributed by atoms with van der Waals surface area (Å²) in [7, 11) is 2.40. The van der Waals surface area contributed by atoms with Gasteiger partial charge in [-0.1, -0.05) is 0 Å². The lowest BCUT2D eigenvalue weighted by Crippen LogP contribution is -2.65. The van der Waals surface area contributed by atoms with Gasteiger partial charge in [-0.3, -0.25) is 4.79 Å². The summed E-state index contributed by atoms with van der Waals surface area (Å²) in [5, 5.41) is 21.9. The Morgan fingerprint density at radius 2 is 1.89 bits per heavy atom. The molecule has 1 amide bonds. The van der Waals surface area contributed by atoms with E-state index in [1.165, 1.54) is 14.0 Å². The van der Waals surface area contributed by atoms with Crippen LogP contribution in [0.1, 0.15) is 6.92 Å². The molecule has 0 aromatic rings. The normalized spacial score (nSPS) is 35.9. The van der Waals surface area contributed by atoms with Gasteiger partial charge in [0.1, 0.15) is 12.2 Å². The molecule has 0 aliphatic carbocycles. The van der Waals surface area contributed by atoms with Crippen LogP contribution in [0.2, 0.25) is 0 Å². The lowest BCUT2D eigenvalue weighted by atomic mass is 9.96.